The van der Waals surface area contributed by atoms with Crippen LogP contribution in [-0.4, -0.2) is 11.7 Å². The van der Waals surface area contributed by atoms with Gasteiger partial charge in [0.1, 0.15) is 5.82 Å². The van der Waals surface area contributed by atoms with Crippen molar-refractivity contribution >= 4 is 27.5 Å². The van der Waals surface area contributed by atoms with E-state index in [4.69, 9.17) is 11.6 Å². The Morgan fingerprint density at radius 2 is 2.00 bits per heavy atom. The molecule has 0 saturated carbocycles. The lowest BCUT2D eigenvalue weighted by atomic mass is 9.92. The Labute approximate surface area is 125 Å². The normalized spacial score (nSPS) is 12.4. The van der Waals surface area contributed by atoms with Gasteiger partial charge in [-0.05, 0) is 41.8 Å². The third-order valence-electron chi connectivity index (χ3n) is 3.02. The summed E-state index contributed by atoms with van der Waals surface area (Å²) in [7, 11) is 0. The average molecular weight is 344 g/mol. The summed E-state index contributed by atoms with van der Waals surface area (Å²) < 4.78 is 14.1. The minimum atomic E-state index is -0.294. The zero-order chi connectivity index (χ0) is 13.8. The van der Waals surface area contributed by atoms with E-state index < -0.39 is 0 Å². The Morgan fingerprint density at radius 1 is 1.21 bits per heavy atom. The summed E-state index contributed by atoms with van der Waals surface area (Å²) in [5.74, 6) is -0.452. The van der Waals surface area contributed by atoms with Gasteiger partial charge in [-0.1, -0.05) is 45.7 Å². The summed E-state index contributed by atoms with van der Waals surface area (Å²) in [6.45, 7) is -0.0458. The van der Waals surface area contributed by atoms with Gasteiger partial charge in [-0.3, -0.25) is 0 Å². The molecule has 100 valence electrons. The first-order valence-corrected chi connectivity index (χ1v) is 7.07. The van der Waals surface area contributed by atoms with Crippen LogP contribution in [0.5, 0.6) is 0 Å². The molecule has 0 radical (unpaired) electrons. The summed E-state index contributed by atoms with van der Waals surface area (Å²) in [5.41, 5.74) is 1.72. The highest BCUT2D eigenvalue weighted by molar-refractivity contribution is 9.10. The van der Waals surface area contributed by atoms with E-state index in [-0.39, 0.29) is 18.3 Å². The lowest BCUT2D eigenvalue weighted by Crippen LogP contribution is -2.08. The summed E-state index contributed by atoms with van der Waals surface area (Å²) in [6, 6.07) is 11.9. The number of aliphatic hydroxyl groups is 1. The van der Waals surface area contributed by atoms with Crippen LogP contribution < -0.4 is 0 Å². The Bertz CT molecular complexity index is 574. The molecular weight excluding hydrogens is 331 g/mol. The van der Waals surface area contributed by atoms with Gasteiger partial charge >= 0.3 is 0 Å². The van der Waals surface area contributed by atoms with Crippen molar-refractivity contribution in [2.75, 3.05) is 6.61 Å². The molecule has 0 heterocycles. The quantitative estimate of drug-likeness (QED) is 0.863. The maximum absolute atomic E-state index is 13.2. The van der Waals surface area contributed by atoms with Gasteiger partial charge in [-0.25, -0.2) is 4.39 Å². The zero-order valence-electron chi connectivity index (χ0n) is 10.1. The molecule has 0 aromatic heterocycles. The van der Waals surface area contributed by atoms with Crippen molar-refractivity contribution in [3.8, 4) is 0 Å². The SMILES string of the molecule is OCC(Cc1ccc(Br)cc1Cl)c1cccc(F)c1. The van der Waals surface area contributed by atoms with Crippen molar-refractivity contribution in [3.05, 3.63) is 68.9 Å². The fraction of sp³-hybridized carbons (Fsp3) is 0.200. The predicted molar refractivity (Wildman–Crippen MR) is 79.1 cm³/mol. The third kappa shape index (κ3) is 3.78. The summed E-state index contributed by atoms with van der Waals surface area (Å²) in [5, 5.41) is 10.1. The monoisotopic (exact) mass is 342 g/mol. The molecule has 2 aromatic rings. The number of hydrogen-bond donors (Lipinski definition) is 1. The first-order valence-electron chi connectivity index (χ1n) is 5.90. The van der Waals surface area contributed by atoms with Gasteiger partial charge in [-0.2, -0.15) is 0 Å². The van der Waals surface area contributed by atoms with Crippen LogP contribution in [0.4, 0.5) is 4.39 Å². The second kappa shape index (κ2) is 6.51. The molecule has 19 heavy (non-hydrogen) atoms. The first kappa shape index (κ1) is 14.5. The molecule has 2 rings (SSSR count). The summed E-state index contributed by atoms with van der Waals surface area (Å²) in [6.07, 6.45) is 0.575. The van der Waals surface area contributed by atoms with Gasteiger partial charge < -0.3 is 5.11 Å². The van der Waals surface area contributed by atoms with Crippen LogP contribution in [0.1, 0.15) is 17.0 Å². The molecule has 0 bridgehead atoms. The summed E-state index contributed by atoms with van der Waals surface area (Å²) in [4.78, 5) is 0. The molecule has 1 N–H and O–H groups in total. The van der Waals surface area contributed by atoms with Crippen molar-refractivity contribution < 1.29 is 9.50 Å². The van der Waals surface area contributed by atoms with Crippen LogP contribution in [0.15, 0.2) is 46.9 Å². The average Bonchev–Trinajstić information content (AvgIpc) is 2.38. The molecule has 0 aliphatic heterocycles. The fourth-order valence-electron chi connectivity index (χ4n) is 2.00. The van der Waals surface area contributed by atoms with Gasteiger partial charge in [0.15, 0.2) is 0 Å². The van der Waals surface area contributed by atoms with Crippen LogP contribution >= 0.6 is 27.5 Å². The molecule has 0 spiro atoms. The first-order chi connectivity index (χ1) is 9.10. The van der Waals surface area contributed by atoms with Gasteiger partial charge in [0.25, 0.3) is 0 Å². The molecule has 0 aliphatic carbocycles. The van der Waals surface area contributed by atoms with E-state index in [1.54, 1.807) is 6.07 Å². The van der Waals surface area contributed by atoms with E-state index >= 15 is 0 Å². The molecule has 1 unspecified atom stereocenters. The van der Waals surface area contributed by atoms with E-state index in [1.165, 1.54) is 12.1 Å². The van der Waals surface area contributed by atoms with Gasteiger partial charge in [-0.15, -0.1) is 0 Å². The smallest absolute Gasteiger partial charge is 0.123 e. The van der Waals surface area contributed by atoms with Crippen LogP contribution in [0, 0.1) is 5.82 Å². The van der Waals surface area contributed by atoms with E-state index in [2.05, 4.69) is 15.9 Å². The van der Waals surface area contributed by atoms with E-state index in [9.17, 15) is 9.50 Å². The lowest BCUT2D eigenvalue weighted by Gasteiger charge is -2.16. The number of rotatable bonds is 4. The van der Waals surface area contributed by atoms with E-state index in [0.29, 0.717) is 11.4 Å². The van der Waals surface area contributed by atoms with Gasteiger partial charge in [0.2, 0.25) is 0 Å². The number of halogens is 3. The molecule has 0 fully saturated rings. The predicted octanol–water partition coefficient (Wildman–Crippen LogP) is 4.56. The maximum Gasteiger partial charge on any atom is 0.123 e. The van der Waals surface area contributed by atoms with Crippen molar-refractivity contribution in [3.63, 3.8) is 0 Å². The van der Waals surface area contributed by atoms with Gasteiger partial charge in [0.05, 0.1) is 6.61 Å². The van der Waals surface area contributed by atoms with Crippen LogP contribution in [0.3, 0.4) is 0 Å². The number of hydrogen-bond acceptors (Lipinski definition) is 1. The fourth-order valence-corrected chi connectivity index (χ4v) is 2.75. The van der Waals surface area contributed by atoms with E-state index in [1.807, 2.05) is 24.3 Å². The number of aliphatic hydroxyl groups excluding tert-OH is 1. The Morgan fingerprint density at radius 3 is 2.63 bits per heavy atom. The molecule has 0 aliphatic rings. The highest BCUT2D eigenvalue weighted by Crippen LogP contribution is 2.27. The van der Waals surface area contributed by atoms with Crippen LogP contribution in [0.2, 0.25) is 5.02 Å². The van der Waals surface area contributed by atoms with E-state index in [0.717, 1.165) is 15.6 Å². The van der Waals surface area contributed by atoms with Crippen LogP contribution in [0.25, 0.3) is 0 Å². The van der Waals surface area contributed by atoms with Crippen molar-refractivity contribution in [2.24, 2.45) is 0 Å². The Hall–Kier alpha value is -0.900. The van der Waals surface area contributed by atoms with Crippen LogP contribution in [-0.2, 0) is 6.42 Å². The largest absolute Gasteiger partial charge is 0.396 e. The topological polar surface area (TPSA) is 20.2 Å². The molecule has 2 aromatic carbocycles. The third-order valence-corrected chi connectivity index (χ3v) is 3.87. The molecule has 4 heteroatoms. The highest BCUT2D eigenvalue weighted by atomic mass is 79.9. The minimum Gasteiger partial charge on any atom is -0.396 e. The van der Waals surface area contributed by atoms with Crippen molar-refractivity contribution in [1.29, 1.82) is 0 Å². The number of benzene rings is 2. The molecule has 0 saturated heterocycles. The standard InChI is InChI=1S/C15H13BrClFO/c16-13-5-4-11(15(17)8-13)6-12(9-19)10-2-1-3-14(18)7-10/h1-5,7-8,12,19H,6,9H2. The molecule has 0 amide bonds. The zero-order valence-corrected chi connectivity index (χ0v) is 12.5. The molecular formula is C15H13BrClFO. The minimum absolute atomic E-state index is 0.0458. The van der Waals surface area contributed by atoms with Crippen molar-refractivity contribution in [1.82, 2.24) is 0 Å². The second-order valence-electron chi connectivity index (χ2n) is 4.37. The molecule has 1 nitrogen and oxygen atoms in total. The van der Waals surface area contributed by atoms with Gasteiger partial charge in [0, 0.05) is 15.4 Å². The Kier molecular flexibility index (Phi) is 4.97. The Balaban J connectivity index is 2.24. The highest BCUT2D eigenvalue weighted by Gasteiger charge is 2.14. The lowest BCUT2D eigenvalue weighted by molar-refractivity contribution is 0.264. The maximum atomic E-state index is 13.2. The van der Waals surface area contributed by atoms with Crippen molar-refractivity contribution in [2.45, 2.75) is 12.3 Å². The molecule has 1 atom stereocenters. The second-order valence-corrected chi connectivity index (χ2v) is 5.70. The summed E-state index contributed by atoms with van der Waals surface area (Å²) >= 11 is 9.51.